The van der Waals surface area contributed by atoms with Crippen molar-refractivity contribution in [2.45, 2.75) is 6.17 Å². The summed E-state index contributed by atoms with van der Waals surface area (Å²) in [5.41, 5.74) is 0. The van der Waals surface area contributed by atoms with Crippen LogP contribution < -0.4 is 5.09 Å². The smallest absolute Gasteiger partial charge is 0.303 e. The van der Waals surface area contributed by atoms with Crippen LogP contribution in [0.25, 0.3) is 0 Å². The van der Waals surface area contributed by atoms with Crippen molar-refractivity contribution in [3.05, 3.63) is 0 Å². The van der Waals surface area contributed by atoms with E-state index in [1.807, 2.05) is 0 Å². The van der Waals surface area contributed by atoms with E-state index in [1.165, 1.54) is 0 Å². The van der Waals surface area contributed by atoms with Gasteiger partial charge in [-0.2, -0.15) is 0 Å². The van der Waals surface area contributed by atoms with Crippen molar-refractivity contribution in [1.29, 1.82) is 0 Å². The Kier molecular flexibility index (Phi) is 5.82. The van der Waals surface area contributed by atoms with Crippen LogP contribution in [0.1, 0.15) is 0 Å². The van der Waals surface area contributed by atoms with Gasteiger partial charge >= 0.3 is 7.67 Å². The van der Waals surface area contributed by atoms with Gasteiger partial charge in [0.2, 0.25) is 0 Å². The van der Waals surface area contributed by atoms with E-state index in [0.717, 1.165) is 0 Å². The molecule has 0 amide bonds. The third kappa shape index (κ3) is 3.84. The summed E-state index contributed by atoms with van der Waals surface area (Å²) in [4.78, 5) is 0. The van der Waals surface area contributed by atoms with Crippen molar-refractivity contribution < 1.29 is 13.5 Å². The van der Waals surface area contributed by atoms with Gasteiger partial charge in [-0.15, -0.1) is 23.2 Å². The Morgan fingerprint density at radius 3 is 2.47 bits per heavy atom. The van der Waals surface area contributed by atoms with Crippen molar-refractivity contribution in [1.82, 2.24) is 9.76 Å². The Balaban J connectivity index is 2.60. The lowest BCUT2D eigenvalue weighted by Crippen LogP contribution is -2.40. The second-order valence-corrected chi connectivity index (χ2v) is 6.04. The second kappa shape index (κ2) is 6.38. The molecule has 4 nitrogen and oxygen atoms in total. The molecule has 1 fully saturated rings. The Morgan fingerprint density at radius 1 is 1.47 bits per heavy atom. The van der Waals surface area contributed by atoms with Gasteiger partial charge in [-0.3, -0.25) is 4.57 Å². The van der Waals surface area contributed by atoms with Gasteiger partial charge in [0.15, 0.2) is 0 Å². The van der Waals surface area contributed by atoms with E-state index >= 15 is 0 Å². The maximum Gasteiger partial charge on any atom is 0.343 e. The molecule has 1 aliphatic rings. The van der Waals surface area contributed by atoms with E-state index in [9.17, 15) is 8.96 Å². The predicted molar refractivity (Wildman–Crippen MR) is 59.5 cm³/mol. The molecule has 0 aliphatic carbocycles. The molecule has 0 radical (unpaired) electrons. The van der Waals surface area contributed by atoms with Crippen LogP contribution in [0.3, 0.4) is 0 Å². The first kappa shape index (κ1) is 13.7. The summed E-state index contributed by atoms with van der Waals surface area (Å²) in [7, 11) is -3.12. The SMILES string of the molecule is O=[P@]1(N(CCCl)CCCl)NC[C@@H](F)CO1. The lowest BCUT2D eigenvalue weighted by Gasteiger charge is -2.34. The van der Waals surface area contributed by atoms with Gasteiger partial charge in [-0.1, -0.05) is 0 Å². The van der Waals surface area contributed by atoms with Crippen LogP contribution in [0, 0.1) is 0 Å². The quantitative estimate of drug-likeness (QED) is 0.616. The van der Waals surface area contributed by atoms with E-state index in [1.54, 1.807) is 4.67 Å². The van der Waals surface area contributed by atoms with Gasteiger partial charge in [0.1, 0.15) is 6.17 Å². The first-order chi connectivity index (χ1) is 7.12. The number of alkyl halides is 3. The normalized spacial score (nSPS) is 32.1. The zero-order chi connectivity index (χ0) is 11.3. The molecule has 1 N–H and O–H groups in total. The zero-order valence-electron chi connectivity index (χ0n) is 8.16. The minimum atomic E-state index is -3.12. The minimum absolute atomic E-state index is 0.0400. The first-order valence-electron chi connectivity index (χ1n) is 4.63. The van der Waals surface area contributed by atoms with Gasteiger partial charge in [-0.25, -0.2) is 14.1 Å². The van der Waals surface area contributed by atoms with E-state index in [4.69, 9.17) is 27.7 Å². The molecular weight excluding hydrogens is 265 g/mol. The van der Waals surface area contributed by atoms with Gasteiger partial charge in [0.05, 0.1) is 6.61 Å². The summed E-state index contributed by atoms with van der Waals surface area (Å²) in [5.74, 6) is 0.649. The van der Waals surface area contributed by atoms with E-state index in [-0.39, 0.29) is 13.2 Å². The van der Waals surface area contributed by atoms with Crippen molar-refractivity contribution in [3.63, 3.8) is 0 Å². The molecular formula is C7H14Cl2FN2O2P. The zero-order valence-corrected chi connectivity index (χ0v) is 10.6. The first-order valence-corrected chi connectivity index (χ1v) is 7.28. The van der Waals surface area contributed by atoms with Crippen LogP contribution in [0.5, 0.6) is 0 Å². The summed E-state index contributed by atoms with van der Waals surface area (Å²) in [6.45, 7) is 0.689. The van der Waals surface area contributed by atoms with Crippen LogP contribution in [0.4, 0.5) is 4.39 Å². The van der Waals surface area contributed by atoms with Crippen LogP contribution in [-0.4, -0.2) is 48.8 Å². The number of halogens is 3. The second-order valence-electron chi connectivity index (χ2n) is 3.11. The highest BCUT2D eigenvalue weighted by molar-refractivity contribution is 7.54. The van der Waals surface area contributed by atoms with Crippen molar-refractivity contribution in [2.75, 3.05) is 38.0 Å². The molecule has 1 rings (SSSR count). The summed E-state index contributed by atoms with van der Waals surface area (Å²) < 4.78 is 31.5. The number of rotatable bonds is 5. The molecule has 0 unspecified atom stereocenters. The topological polar surface area (TPSA) is 41.6 Å². The molecule has 0 bridgehead atoms. The average molecular weight is 279 g/mol. The fraction of sp³-hybridized carbons (Fsp3) is 1.00. The Hall–Kier alpha value is 0.620. The lowest BCUT2D eigenvalue weighted by atomic mass is 10.4. The van der Waals surface area contributed by atoms with E-state index < -0.39 is 13.8 Å². The van der Waals surface area contributed by atoms with Crippen LogP contribution in [-0.2, 0) is 9.09 Å². The maximum atomic E-state index is 12.8. The molecule has 2 atom stereocenters. The van der Waals surface area contributed by atoms with Crippen molar-refractivity contribution in [3.8, 4) is 0 Å². The van der Waals surface area contributed by atoms with Crippen LogP contribution in [0.15, 0.2) is 0 Å². The molecule has 8 heteroatoms. The maximum absolute atomic E-state index is 12.8. The summed E-state index contributed by atoms with van der Waals surface area (Å²) in [5, 5.41) is 2.58. The summed E-state index contributed by atoms with van der Waals surface area (Å²) in [6.07, 6.45) is -1.11. The number of hydrogen-bond donors (Lipinski definition) is 1. The van der Waals surface area contributed by atoms with Gasteiger partial charge in [-0.05, 0) is 0 Å². The predicted octanol–water partition coefficient (Wildman–Crippen LogP) is 1.83. The fourth-order valence-electron chi connectivity index (χ4n) is 1.25. The van der Waals surface area contributed by atoms with Crippen LogP contribution >= 0.6 is 30.9 Å². The largest absolute Gasteiger partial charge is 0.343 e. The summed E-state index contributed by atoms with van der Waals surface area (Å²) in [6, 6.07) is 0. The summed E-state index contributed by atoms with van der Waals surface area (Å²) >= 11 is 11.2. The highest BCUT2D eigenvalue weighted by atomic mass is 35.5. The van der Waals surface area contributed by atoms with Gasteiger partial charge in [0, 0.05) is 31.4 Å². The number of hydrogen-bond acceptors (Lipinski definition) is 2. The van der Waals surface area contributed by atoms with Gasteiger partial charge in [0.25, 0.3) is 0 Å². The van der Waals surface area contributed by atoms with E-state index in [2.05, 4.69) is 5.09 Å². The molecule has 0 aromatic carbocycles. The van der Waals surface area contributed by atoms with Gasteiger partial charge < -0.3 is 4.52 Å². The Morgan fingerprint density at radius 2 is 2.07 bits per heavy atom. The molecule has 0 aromatic heterocycles. The number of nitrogens with zero attached hydrogens (tertiary/aromatic N) is 1. The third-order valence-corrected chi connectivity index (χ3v) is 4.56. The highest BCUT2D eigenvalue weighted by Crippen LogP contribution is 2.48. The van der Waals surface area contributed by atoms with E-state index in [0.29, 0.717) is 24.8 Å². The molecule has 0 aromatic rings. The third-order valence-electron chi connectivity index (χ3n) is 2.00. The molecule has 0 saturated carbocycles. The molecule has 15 heavy (non-hydrogen) atoms. The highest BCUT2D eigenvalue weighted by Gasteiger charge is 2.36. The fourth-order valence-corrected chi connectivity index (χ4v) is 3.87. The Bertz CT molecular complexity index is 229. The molecule has 90 valence electrons. The monoisotopic (exact) mass is 278 g/mol. The van der Waals surface area contributed by atoms with Crippen molar-refractivity contribution in [2.24, 2.45) is 0 Å². The molecule has 1 aliphatic heterocycles. The minimum Gasteiger partial charge on any atom is -0.303 e. The number of nitrogens with one attached hydrogen (secondary N) is 1. The van der Waals surface area contributed by atoms with Crippen LogP contribution in [0.2, 0.25) is 0 Å². The lowest BCUT2D eigenvalue weighted by molar-refractivity contribution is 0.151. The molecule has 1 saturated heterocycles. The average Bonchev–Trinajstić information content (AvgIpc) is 2.23. The van der Waals surface area contributed by atoms with Crippen molar-refractivity contribution >= 4 is 30.9 Å². The molecule has 1 heterocycles. The standard InChI is InChI=1S/C7H14Cl2FN2O2P/c8-1-3-12(4-2-9)15(13)11-5-7(10)6-14-15/h7H,1-6H2,(H,11,13)/t7-,15-/m1/s1. The molecule has 0 spiro atoms. The Labute approximate surface area is 98.6 Å².